The molecule has 1 aromatic rings. The van der Waals surface area contributed by atoms with Crippen LogP contribution < -0.4 is 10.6 Å². The van der Waals surface area contributed by atoms with Gasteiger partial charge >= 0.3 is 6.03 Å². The quantitative estimate of drug-likeness (QED) is 0.893. The van der Waals surface area contributed by atoms with Gasteiger partial charge in [-0.15, -0.1) is 0 Å². The first-order valence-electron chi connectivity index (χ1n) is 6.52. The summed E-state index contributed by atoms with van der Waals surface area (Å²) in [7, 11) is 0. The SMILES string of the molecule is O=C(NCC[C@@H]1CCCCO1)Nc1ccc(Br)cn1. The molecule has 6 heteroatoms. The van der Waals surface area contributed by atoms with Gasteiger partial charge in [0.05, 0.1) is 6.10 Å². The average molecular weight is 328 g/mol. The van der Waals surface area contributed by atoms with Gasteiger partial charge < -0.3 is 10.1 Å². The number of carbonyl (C=O) groups is 1. The summed E-state index contributed by atoms with van der Waals surface area (Å²) in [6.07, 6.45) is 6.27. The van der Waals surface area contributed by atoms with Gasteiger partial charge in [-0.05, 0) is 53.7 Å². The van der Waals surface area contributed by atoms with Gasteiger partial charge in [0.1, 0.15) is 5.82 Å². The van der Waals surface area contributed by atoms with Crippen LogP contribution in [-0.4, -0.2) is 30.3 Å². The Bertz CT molecular complexity index is 405. The third-order valence-electron chi connectivity index (χ3n) is 2.99. The Labute approximate surface area is 121 Å². The van der Waals surface area contributed by atoms with Crippen molar-refractivity contribution in [3.05, 3.63) is 22.8 Å². The zero-order valence-electron chi connectivity index (χ0n) is 10.7. The van der Waals surface area contributed by atoms with E-state index in [0.29, 0.717) is 18.5 Å². The van der Waals surface area contributed by atoms with Crippen molar-refractivity contribution in [1.82, 2.24) is 10.3 Å². The maximum atomic E-state index is 11.6. The zero-order chi connectivity index (χ0) is 13.5. The number of aromatic nitrogens is 1. The maximum absolute atomic E-state index is 11.6. The second-order valence-electron chi connectivity index (χ2n) is 4.52. The maximum Gasteiger partial charge on any atom is 0.320 e. The molecule has 1 aliphatic heterocycles. The Morgan fingerprint density at radius 3 is 3.05 bits per heavy atom. The molecule has 0 saturated carbocycles. The van der Waals surface area contributed by atoms with Crippen LogP contribution in [0.5, 0.6) is 0 Å². The fourth-order valence-electron chi connectivity index (χ4n) is 1.99. The molecule has 1 fully saturated rings. The summed E-state index contributed by atoms with van der Waals surface area (Å²) in [5.74, 6) is 0.537. The molecular weight excluding hydrogens is 310 g/mol. The van der Waals surface area contributed by atoms with Crippen LogP contribution in [0, 0.1) is 0 Å². The molecule has 0 unspecified atom stereocenters. The van der Waals surface area contributed by atoms with Gasteiger partial charge in [0.2, 0.25) is 0 Å². The number of nitrogens with zero attached hydrogens (tertiary/aromatic N) is 1. The number of carbonyl (C=O) groups excluding carboxylic acids is 1. The molecule has 1 aliphatic rings. The standard InChI is InChI=1S/C13H18BrN3O2/c14-10-4-5-12(16-9-10)17-13(18)15-7-6-11-3-1-2-8-19-11/h4-5,9,11H,1-3,6-8H2,(H2,15,16,17,18)/t11-/m0/s1. The molecule has 0 radical (unpaired) electrons. The van der Waals surface area contributed by atoms with Gasteiger partial charge in [-0.2, -0.15) is 0 Å². The second kappa shape index (κ2) is 7.45. The highest BCUT2D eigenvalue weighted by Gasteiger charge is 2.13. The molecule has 0 bridgehead atoms. The van der Waals surface area contributed by atoms with E-state index in [2.05, 4.69) is 31.5 Å². The number of pyridine rings is 1. The minimum absolute atomic E-state index is 0.231. The minimum Gasteiger partial charge on any atom is -0.378 e. The number of amides is 2. The number of hydrogen-bond acceptors (Lipinski definition) is 3. The Hall–Kier alpha value is -1.14. The van der Waals surface area contributed by atoms with Crippen molar-refractivity contribution in [2.24, 2.45) is 0 Å². The molecule has 0 spiro atoms. The predicted molar refractivity (Wildman–Crippen MR) is 77.2 cm³/mol. The number of hydrogen-bond donors (Lipinski definition) is 2. The van der Waals surface area contributed by atoms with Crippen molar-refractivity contribution < 1.29 is 9.53 Å². The van der Waals surface area contributed by atoms with Crippen LogP contribution in [0.1, 0.15) is 25.7 Å². The van der Waals surface area contributed by atoms with Crippen molar-refractivity contribution >= 4 is 27.8 Å². The van der Waals surface area contributed by atoms with Gasteiger partial charge in [0, 0.05) is 23.8 Å². The number of ether oxygens (including phenoxy) is 1. The van der Waals surface area contributed by atoms with E-state index < -0.39 is 0 Å². The smallest absolute Gasteiger partial charge is 0.320 e. The second-order valence-corrected chi connectivity index (χ2v) is 5.44. The third-order valence-corrected chi connectivity index (χ3v) is 3.46. The van der Waals surface area contributed by atoms with Crippen molar-refractivity contribution in [1.29, 1.82) is 0 Å². The largest absolute Gasteiger partial charge is 0.378 e. The Morgan fingerprint density at radius 2 is 2.37 bits per heavy atom. The number of nitrogens with one attached hydrogen (secondary N) is 2. The van der Waals surface area contributed by atoms with E-state index in [4.69, 9.17) is 4.74 Å². The molecule has 104 valence electrons. The molecule has 1 saturated heterocycles. The zero-order valence-corrected chi connectivity index (χ0v) is 12.3. The van der Waals surface area contributed by atoms with Crippen LogP contribution in [0.3, 0.4) is 0 Å². The van der Waals surface area contributed by atoms with Gasteiger partial charge in [-0.1, -0.05) is 0 Å². The van der Waals surface area contributed by atoms with Crippen LogP contribution in [-0.2, 0) is 4.74 Å². The Morgan fingerprint density at radius 1 is 1.47 bits per heavy atom. The predicted octanol–water partition coefficient (Wildman–Crippen LogP) is 2.92. The topological polar surface area (TPSA) is 63.2 Å². The summed E-state index contributed by atoms with van der Waals surface area (Å²) >= 11 is 3.29. The van der Waals surface area contributed by atoms with E-state index in [0.717, 1.165) is 30.3 Å². The van der Waals surface area contributed by atoms with Gasteiger partial charge in [-0.3, -0.25) is 5.32 Å². The van der Waals surface area contributed by atoms with Gasteiger partial charge in [-0.25, -0.2) is 9.78 Å². The highest BCUT2D eigenvalue weighted by Crippen LogP contribution is 2.15. The van der Waals surface area contributed by atoms with Crippen LogP contribution in [0.25, 0.3) is 0 Å². The fourth-order valence-corrected chi connectivity index (χ4v) is 2.23. The molecule has 2 rings (SSSR count). The van der Waals surface area contributed by atoms with E-state index in [1.807, 2.05) is 6.07 Å². The van der Waals surface area contributed by atoms with Crippen molar-refractivity contribution in [3.8, 4) is 0 Å². The van der Waals surface area contributed by atoms with E-state index in [1.54, 1.807) is 12.3 Å². The van der Waals surface area contributed by atoms with Crippen LogP contribution in [0.15, 0.2) is 22.8 Å². The van der Waals surface area contributed by atoms with Gasteiger partial charge in [0.25, 0.3) is 0 Å². The molecule has 2 N–H and O–H groups in total. The van der Waals surface area contributed by atoms with Crippen molar-refractivity contribution in [3.63, 3.8) is 0 Å². The number of anilines is 1. The minimum atomic E-state index is -0.231. The summed E-state index contributed by atoms with van der Waals surface area (Å²) in [5.41, 5.74) is 0. The van der Waals surface area contributed by atoms with E-state index in [-0.39, 0.29) is 6.03 Å². The third kappa shape index (κ3) is 5.16. The molecule has 0 aliphatic carbocycles. The monoisotopic (exact) mass is 327 g/mol. The summed E-state index contributed by atoms with van der Waals surface area (Å²) in [6.45, 7) is 1.46. The van der Waals surface area contributed by atoms with Gasteiger partial charge in [0.15, 0.2) is 0 Å². The Balaban J connectivity index is 1.65. The summed E-state index contributed by atoms with van der Waals surface area (Å²) in [5, 5.41) is 5.50. The highest BCUT2D eigenvalue weighted by atomic mass is 79.9. The average Bonchev–Trinajstić information content (AvgIpc) is 2.43. The first kappa shape index (κ1) is 14.3. The van der Waals surface area contributed by atoms with E-state index in [1.165, 1.54) is 6.42 Å². The normalized spacial score (nSPS) is 18.9. The molecule has 1 aromatic heterocycles. The molecular formula is C13H18BrN3O2. The number of urea groups is 1. The lowest BCUT2D eigenvalue weighted by molar-refractivity contribution is 0.0120. The Kier molecular flexibility index (Phi) is 5.60. The lowest BCUT2D eigenvalue weighted by Crippen LogP contribution is -2.32. The molecule has 2 heterocycles. The highest BCUT2D eigenvalue weighted by molar-refractivity contribution is 9.10. The molecule has 2 amide bonds. The number of halogens is 1. The van der Waals surface area contributed by atoms with E-state index >= 15 is 0 Å². The molecule has 0 aromatic carbocycles. The first-order valence-corrected chi connectivity index (χ1v) is 7.31. The van der Waals surface area contributed by atoms with Crippen LogP contribution >= 0.6 is 15.9 Å². The van der Waals surface area contributed by atoms with Crippen molar-refractivity contribution in [2.45, 2.75) is 31.8 Å². The van der Waals surface area contributed by atoms with Crippen LogP contribution in [0.4, 0.5) is 10.6 Å². The fraction of sp³-hybridized carbons (Fsp3) is 0.538. The summed E-state index contributed by atoms with van der Waals surface area (Å²) in [6, 6.07) is 3.34. The lowest BCUT2D eigenvalue weighted by atomic mass is 10.1. The molecule has 19 heavy (non-hydrogen) atoms. The van der Waals surface area contributed by atoms with Crippen LogP contribution in [0.2, 0.25) is 0 Å². The first-order chi connectivity index (χ1) is 9.24. The number of rotatable bonds is 4. The molecule has 1 atom stereocenters. The van der Waals surface area contributed by atoms with Crippen molar-refractivity contribution in [2.75, 3.05) is 18.5 Å². The van der Waals surface area contributed by atoms with E-state index in [9.17, 15) is 4.79 Å². The summed E-state index contributed by atoms with van der Waals surface area (Å²) in [4.78, 5) is 15.7. The molecule has 5 nitrogen and oxygen atoms in total. The lowest BCUT2D eigenvalue weighted by Gasteiger charge is -2.22. The summed E-state index contributed by atoms with van der Waals surface area (Å²) < 4.78 is 6.48.